The fourth-order valence-corrected chi connectivity index (χ4v) is 6.87. The number of carbonyl (C=O) groups excluding carboxylic acids is 4. The van der Waals surface area contributed by atoms with Gasteiger partial charge in [-0.05, 0) is 62.2 Å². The number of ether oxygens (including phenoxy) is 1. The van der Waals surface area contributed by atoms with Crippen molar-refractivity contribution in [1.82, 2.24) is 10.1 Å². The van der Waals surface area contributed by atoms with Crippen molar-refractivity contribution in [2.24, 2.45) is 29.6 Å². The molecule has 2 saturated heterocycles. The molecule has 10 nitrogen and oxygen atoms in total. The number of rotatable bonds is 2. The highest BCUT2D eigenvalue weighted by molar-refractivity contribution is 9.13. The monoisotopic (exact) mass is 584 g/mol. The second-order valence-electron chi connectivity index (χ2n) is 8.65. The standard InChI is InChI=1S/C21H18Br2N2O8/c1-33-11-5-9(15(22)16(23)17(11)26)12-6-2-3-7-13(20(29)24(31)18(7)27)8(6)4-10-14(12)21(30)25(32)19(10)28/h2,5,7-8,10,12-14,26,31-32H,3-4H2,1H3/t7-,8+,10+,12+,13-,14+/m0/s1. The minimum Gasteiger partial charge on any atom is -0.503 e. The third-order valence-corrected chi connectivity index (χ3v) is 9.49. The van der Waals surface area contributed by atoms with E-state index >= 15 is 0 Å². The Morgan fingerprint density at radius 3 is 2.15 bits per heavy atom. The molecule has 174 valence electrons. The average Bonchev–Trinajstić information content (AvgIpc) is 3.16. The largest absolute Gasteiger partial charge is 0.503 e. The van der Waals surface area contributed by atoms with Gasteiger partial charge in [-0.3, -0.25) is 29.6 Å². The lowest BCUT2D eigenvalue weighted by molar-refractivity contribution is -0.174. The van der Waals surface area contributed by atoms with Gasteiger partial charge in [0.1, 0.15) is 0 Å². The molecule has 1 aromatic carbocycles. The summed E-state index contributed by atoms with van der Waals surface area (Å²) in [6.07, 6.45) is 2.05. The molecule has 0 spiro atoms. The Labute approximate surface area is 203 Å². The molecule has 0 unspecified atom stereocenters. The molecule has 2 aliphatic heterocycles. The number of allylic oxidation sites excluding steroid dienone is 2. The summed E-state index contributed by atoms with van der Waals surface area (Å²) < 4.78 is 5.97. The number of hydroxylamine groups is 4. The molecule has 6 atom stereocenters. The minimum absolute atomic E-state index is 0.0800. The Bertz CT molecular complexity index is 1170. The lowest BCUT2D eigenvalue weighted by atomic mass is 9.57. The van der Waals surface area contributed by atoms with Gasteiger partial charge in [-0.15, -0.1) is 0 Å². The summed E-state index contributed by atoms with van der Waals surface area (Å²) >= 11 is 6.76. The summed E-state index contributed by atoms with van der Waals surface area (Å²) in [5.74, 6) is -7.84. The highest BCUT2D eigenvalue weighted by Crippen LogP contribution is 2.59. The first-order valence-corrected chi connectivity index (χ1v) is 11.8. The van der Waals surface area contributed by atoms with E-state index in [4.69, 9.17) is 4.74 Å². The Balaban J connectivity index is 1.72. The smallest absolute Gasteiger partial charge is 0.258 e. The molecule has 0 bridgehead atoms. The van der Waals surface area contributed by atoms with E-state index in [2.05, 4.69) is 31.9 Å². The van der Waals surface area contributed by atoms with Crippen LogP contribution in [0.3, 0.4) is 0 Å². The molecule has 1 saturated carbocycles. The number of benzene rings is 1. The van der Waals surface area contributed by atoms with Crippen molar-refractivity contribution in [2.45, 2.75) is 18.8 Å². The fraction of sp³-hybridized carbons (Fsp3) is 0.429. The van der Waals surface area contributed by atoms with E-state index in [0.717, 1.165) is 0 Å². The van der Waals surface area contributed by atoms with Gasteiger partial charge in [-0.25, -0.2) is 0 Å². The number of amides is 4. The molecule has 2 heterocycles. The van der Waals surface area contributed by atoms with Crippen LogP contribution >= 0.6 is 31.9 Å². The number of phenolic OH excluding ortho intramolecular Hbond substituents is 1. The normalized spacial score (nSPS) is 33.2. The van der Waals surface area contributed by atoms with E-state index in [1.807, 2.05) is 0 Å². The molecule has 0 aromatic heterocycles. The van der Waals surface area contributed by atoms with Crippen molar-refractivity contribution >= 4 is 55.5 Å². The van der Waals surface area contributed by atoms with Crippen LogP contribution in [-0.2, 0) is 19.2 Å². The van der Waals surface area contributed by atoms with Crippen LogP contribution < -0.4 is 4.74 Å². The predicted octanol–water partition coefficient (Wildman–Crippen LogP) is 2.34. The van der Waals surface area contributed by atoms with Crippen LogP contribution in [0.15, 0.2) is 26.7 Å². The maximum absolute atomic E-state index is 13.0. The van der Waals surface area contributed by atoms with Gasteiger partial charge < -0.3 is 9.84 Å². The Hall–Kier alpha value is -2.28. The van der Waals surface area contributed by atoms with E-state index in [9.17, 15) is 34.7 Å². The molecule has 33 heavy (non-hydrogen) atoms. The molecular weight excluding hydrogens is 568 g/mol. The number of hydrogen-bond acceptors (Lipinski definition) is 8. The van der Waals surface area contributed by atoms with Gasteiger partial charge in [0.05, 0.1) is 35.3 Å². The number of methoxy groups -OCH3 is 1. The number of aromatic hydroxyl groups is 1. The van der Waals surface area contributed by atoms with Gasteiger partial charge in [0.15, 0.2) is 11.5 Å². The molecule has 2 aliphatic carbocycles. The highest BCUT2D eigenvalue weighted by atomic mass is 79.9. The molecule has 1 aromatic rings. The van der Waals surface area contributed by atoms with Crippen LogP contribution in [0.1, 0.15) is 24.3 Å². The SMILES string of the molecule is COc1cc([C@H]2C3=CC[C@@H]4C(=O)N(O)C(=O)[C@@H]4[C@@H]3C[C@H]3C(=O)N(O)C(=O)[C@@H]23)c(Br)c(Br)c1O. The van der Waals surface area contributed by atoms with Crippen LogP contribution in [0.4, 0.5) is 0 Å². The summed E-state index contributed by atoms with van der Waals surface area (Å²) in [6, 6.07) is 1.54. The van der Waals surface area contributed by atoms with Crippen molar-refractivity contribution in [3.8, 4) is 11.5 Å². The van der Waals surface area contributed by atoms with Crippen LogP contribution in [0, 0.1) is 29.6 Å². The summed E-state index contributed by atoms with van der Waals surface area (Å²) in [7, 11) is 1.37. The molecular formula is C21H18Br2N2O8. The number of hydrogen-bond donors (Lipinski definition) is 3. The van der Waals surface area contributed by atoms with E-state index in [-0.39, 0.29) is 38.9 Å². The Morgan fingerprint density at radius 2 is 1.52 bits per heavy atom. The van der Waals surface area contributed by atoms with Crippen molar-refractivity contribution in [2.75, 3.05) is 7.11 Å². The number of imide groups is 2. The molecule has 4 amide bonds. The molecule has 0 radical (unpaired) electrons. The van der Waals surface area contributed by atoms with Gasteiger partial charge in [-0.1, -0.05) is 11.6 Å². The summed E-state index contributed by atoms with van der Waals surface area (Å²) in [4.78, 5) is 50.9. The van der Waals surface area contributed by atoms with Gasteiger partial charge in [0, 0.05) is 10.4 Å². The van der Waals surface area contributed by atoms with Gasteiger partial charge in [0.2, 0.25) is 0 Å². The van der Waals surface area contributed by atoms with Crippen LogP contribution in [0.5, 0.6) is 11.5 Å². The molecule has 12 heteroatoms. The topological polar surface area (TPSA) is 145 Å². The second-order valence-corrected chi connectivity index (χ2v) is 10.2. The zero-order chi connectivity index (χ0) is 23.9. The zero-order valence-electron chi connectivity index (χ0n) is 17.1. The molecule has 3 fully saturated rings. The summed E-state index contributed by atoms with van der Waals surface area (Å²) in [5.41, 5.74) is 1.18. The van der Waals surface area contributed by atoms with E-state index < -0.39 is 59.1 Å². The minimum atomic E-state index is -0.948. The third-order valence-electron chi connectivity index (χ3n) is 7.33. The number of phenols is 1. The summed E-state index contributed by atoms with van der Waals surface area (Å²) in [5, 5.41) is 30.7. The predicted molar refractivity (Wildman–Crippen MR) is 115 cm³/mol. The fourth-order valence-electron chi connectivity index (χ4n) is 5.90. The number of fused-ring (bicyclic) bond motifs is 4. The molecule has 4 aliphatic rings. The van der Waals surface area contributed by atoms with Crippen molar-refractivity contribution in [1.29, 1.82) is 0 Å². The summed E-state index contributed by atoms with van der Waals surface area (Å²) in [6.45, 7) is 0. The highest BCUT2D eigenvalue weighted by Gasteiger charge is 2.62. The first-order valence-electron chi connectivity index (χ1n) is 10.2. The number of halogens is 2. The quantitative estimate of drug-likeness (QED) is 0.272. The van der Waals surface area contributed by atoms with Gasteiger partial charge in [0.25, 0.3) is 23.6 Å². The average molecular weight is 586 g/mol. The van der Waals surface area contributed by atoms with Crippen molar-refractivity contribution in [3.05, 3.63) is 32.2 Å². The van der Waals surface area contributed by atoms with E-state index in [0.29, 0.717) is 15.6 Å². The second kappa shape index (κ2) is 7.62. The maximum Gasteiger partial charge on any atom is 0.258 e. The number of nitrogens with zero attached hydrogens (tertiary/aromatic N) is 2. The van der Waals surface area contributed by atoms with Gasteiger partial charge >= 0.3 is 0 Å². The Kier molecular flexibility index (Phi) is 5.20. The van der Waals surface area contributed by atoms with E-state index in [1.165, 1.54) is 7.11 Å². The first kappa shape index (κ1) is 22.5. The molecule has 3 N–H and O–H groups in total. The van der Waals surface area contributed by atoms with E-state index in [1.54, 1.807) is 12.1 Å². The Morgan fingerprint density at radius 1 is 0.909 bits per heavy atom. The third kappa shape index (κ3) is 2.90. The van der Waals surface area contributed by atoms with Crippen molar-refractivity contribution in [3.63, 3.8) is 0 Å². The first-order chi connectivity index (χ1) is 15.6. The van der Waals surface area contributed by atoms with Crippen molar-refractivity contribution < 1.29 is 39.4 Å². The lowest BCUT2D eigenvalue weighted by Crippen LogP contribution is -2.43. The van der Waals surface area contributed by atoms with Crippen LogP contribution in [-0.4, -0.2) is 56.4 Å². The lowest BCUT2D eigenvalue weighted by Gasteiger charge is -2.44. The maximum atomic E-state index is 13.0. The number of carbonyl (C=O) groups is 4. The van der Waals surface area contributed by atoms with Crippen LogP contribution in [0.25, 0.3) is 0 Å². The van der Waals surface area contributed by atoms with Gasteiger partial charge in [-0.2, -0.15) is 10.1 Å². The zero-order valence-corrected chi connectivity index (χ0v) is 20.2. The molecule has 5 rings (SSSR count). The van der Waals surface area contributed by atoms with Crippen LogP contribution in [0.2, 0.25) is 0 Å².